The molecule has 15 heavy (non-hydrogen) atoms. The van der Waals surface area contributed by atoms with Gasteiger partial charge < -0.3 is 10.8 Å². The molecule has 0 bridgehead atoms. The Balaban J connectivity index is 2.69. The van der Waals surface area contributed by atoms with Crippen molar-refractivity contribution in [2.45, 2.75) is 18.4 Å². The first-order chi connectivity index (χ1) is 7.17. The fourth-order valence-corrected chi connectivity index (χ4v) is 2.75. The summed E-state index contributed by atoms with van der Waals surface area (Å²) in [6.07, 6.45) is 0. The Hall–Kier alpha value is -0.0300. The molecule has 0 aromatic heterocycles. The van der Waals surface area contributed by atoms with Gasteiger partial charge in [-0.05, 0) is 23.6 Å². The predicted octanol–water partition coefficient (Wildman–Crippen LogP) is 2.63. The molecule has 0 aliphatic rings. The average Bonchev–Trinajstić information content (AvgIpc) is 2.26. The van der Waals surface area contributed by atoms with E-state index in [1.165, 1.54) is 4.90 Å². The normalized spacial score (nSPS) is 12.8. The lowest BCUT2D eigenvalue weighted by Crippen LogP contribution is -2.04. The average molecular weight is 290 g/mol. The molecule has 84 valence electrons. The molecule has 1 rings (SSSR count). The highest BCUT2D eigenvalue weighted by Crippen LogP contribution is 2.27. The fourth-order valence-electron chi connectivity index (χ4n) is 1.12. The summed E-state index contributed by atoms with van der Waals surface area (Å²) in [5, 5.41) is 8.95. The van der Waals surface area contributed by atoms with Crippen LogP contribution in [-0.4, -0.2) is 17.5 Å². The third-order valence-corrected chi connectivity index (χ3v) is 4.00. The molecular formula is C11H16BrNOS. The van der Waals surface area contributed by atoms with Crippen LogP contribution in [0.1, 0.15) is 12.5 Å². The molecule has 0 heterocycles. The van der Waals surface area contributed by atoms with Crippen LogP contribution in [0.3, 0.4) is 0 Å². The van der Waals surface area contributed by atoms with Crippen molar-refractivity contribution in [2.24, 2.45) is 11.7 Å². The zero-order valence-electron chi connectivity index (χ0n) is 8.74. The van der Waals surface area contributed by atoms with E-state index in [0.717, 1.165) is 15.8 Å². The summed E-state index contributed by atoms with van der Waals surface area (Å²) in [6, 6.07) is 6.12. The van der Waals surface area contributed by atoms with Gasteiger partial charge in [-0.2, -0.15) is 0 Å². The Morgan fingerprint density at radius 3 is 2.87 bits per heavy atom. The number of hydrogen-bond donors (Lipinski definition) is 2. The van der Waals surface area contributed by atoms with Crippen molar-refractivity contribution in [3.8, 4) is 0 Å². The number of aliphatic hydroxyl groups is 1. The number of aliphatic hydroxyl groups excluding tert-OH is 1. The van der Waals surface area contributed by atoms with Gasteiger partial charge in [0.1, 0.15) is 0 Å². The van der Waals surface area contributed by atoms with Gasteiger partial charge in [-0.3, -0.25) is 0 Å². The first kappa shape index (κ1) is 13.0. The van der Waals surface area contributed by atoms with Crippen LogP contribution in [0.5, 0.6) is 0 Å². The first-order valence-electron chi connectivity index (χ1n) is 4.89. The third kappa shape index (κ3) is 4.15. The number of nitrogens with two attached hydrogens (primary N) is 1. The van der Waals surface area contributed by atoms with Crippen molar-refractivity contribution in [1.29, 1.82) is 0 Å². The summed E-state index contributed by atoms with van der Waals surface area (Å²) in [7, 11) is 0. The number of rotatable bonds is 5. The molecule has 1 aromatic carbocycles. The minimum Gasteiger partial charge on any atom is -0.396 e. The van der Waals surface area contributed by atoms with Crippen molar-refractivity contribution in [3.05, 3.63) is 28.2 Å². The molecule has 1 unspecified atom stereocenters. The maximum absolute atomic E-state index is 8.95. The molecule has 4 heteroatoms. The van der Waals surface area contributed by atoms with Crippen LogP contribution >= 0.6 is 27.7 Å². The van der Waals surface area contributed by atoms with Crippen LogP contribution in [0, 0.1) is 5.92 Å². The van der Waals surface area contributed by atoms with Gasteiger partial charge in [-0.15, -0.1) is 11.8 Å². The first-order valence-corrected chi connectivity index (χ1v) is 6.67. The van der Waals surface area contributed by atoms with E-state index in [1.54, 1.807) is 11.8 Å². The molecular weight excluding hydrogens is 274 g/mol. The molecule has 1 aromatic rings. The molecule has 0 aliphatic carbocycles. The van der Waals surface area contributed by atoms with E-state index in [-0.39, 0.29) is 6.61 Å². The van der Waals surface area contributed by atoms with Crippen LogP contribution < -0.4 is 5.73 Å². The van der Waals surface area contributed by atoms with Crippen LogP contribution in [-0.2, 0) is 6.54 Å². The topological polar surface area (TPSA) is 46.2 Å². The lowest BCUT2D eigenvalue weighted by atomic mass is 10.2. The molecule has 2 nitrogen and oxygen atoms in total. The molecule has 0 fully saturated rings. The number of thioether (sulfide) groups is 1. The SMILES string of the molecule is CC(CO)CSc1cc(Br)ccc1CN. The quantitative estimate of drug-likeness (QED) is 0.819. The van der Waals surface area contributed by atoms with E-state index < -0.39 is 0 Å². The van der Waals surface area contributed by atoms with Crippen LogP contribution in [0.15, 0.2) is 27.6 Å². The Kier molecular flexibility index (Phi) is 5.68. The monoisotopic (exact) mass is 289 g/mol. The number of halogens is 1. The van der Waals surface area contributed by atoms with Gasteiger partial charge in [0.15, 0.2) is 0 Å². The maximum Gasteiger partial charge on any atom is 0.0464 e. The molecule has 0 saturated heterocycles. The van der Waals surface area contributed by atoms with Gasteiger partial charge in [0.25, 0.3) is 0 Å². The van der Waals surface area contributed by atoms with Crippen LogP contribution in [0.2, 0.25) is 0 Å². The second kappa shape index (κ2) is 6.53. The molecule has 0 amide bonds. The van der Waals surface area contributed by atoms with Crippen LogP contribution in [0.25, 0.3) is 0 Å². The van der Waals surface area contributed by atoms with Crippen molar-refractivity contribution in [3.63, 3.8) is 0 Å². The van der Waals surface area contributed by atoms with Crippen molar-refractivity contribution in [1.82, 2.24) is 0 Å². The van der Waals surface area contributed by atoms with Gasteiger partial charge in [0, 0.05) is 28.3 Å². The molecule has 3 N–H and O–H groups in total. The summed E-state index contributed by atoms with van der Waals surface area (Å²) in [5.74, 6) is 1.24. The Labute approximate surface area is 103 Å². The van der Waals surface area contributed by atoms with E-state index in [0.29, 0.717) is 12.5 Å². The highest BCUT2D eigenvalue weighted by atomic mass is 79.9. The van der Waals surface area contributed by atoms with Crippen LogP contribution in [0.4, 0.5) is 0 Å². The van der Waals surface area contributed by atoms with Crippen molar-refractivity contribution < 1.29 is 5.11 Å². The lowest BCUT2D eigenvalue weighted by Gasteiger charge is -2.10. The fraction of sp³-hybridized carbons (Fsp3) is 0.455. The minimum absolute atomic E-state index is 0.235. The number of hydrogen-bond acceptors (Lipinski definition) is 3. The van der Waals surface area contributed by atoms with Gasteiger partial charge in [-0.1, -0.05) is 28.9 Å². The molecule has 1 atom stereocenters. The Morgan fingerprint density at radius 2 is 2.27 bits per heavy atom. The summed E-state index contributed by atoms with van der Waals surface area (Å²) in [6.45, 7) is 2.83. The van der Waals surface area contributed by atoms with Gasteiger partial charge in [0.2, 0.25) is 0 Å². The van der Waals surface area contributed by atoms with E-state index in [4.69, 9.17) is 10.8 Å². The van der Waals surface area contributed by atoms with Gasteiger partial charge in [-0.25, -0.2) is 0 Å². The minimum atomic E-state index is 0.235. The smallest absolute Gasteiger partial charge is 0.0464 e. The second-order valence-electron chi connectivity index (χ2n) is 3.55. The molecule has 0 spiro atoms. The Bertz CT molecular complexity index is 319. The summed E-state index contributed by atoms with van der Waals surface area (Å²) in [4.78, 5) is 1.20. The second-order valence-corrected chi connectivity index (χ2v) is 5.53. The van der Waals surface area contributed by atoms with E-state index in [9.17, 15) is 0 Å². The zero-order valence-corrected chi connectivity index (χ0v) is 11.1. The highest BCUT2D eigenvalue weighted by molar-refractivity contribution is 9.10. The molecule has 0 saturated carbocycles. The zero-order chi connectivity index (χ0) is 11.3. The van der Waals surface area contributed by atoms with Gasteiger partial charge in [0.05, 0.1) is 0 Å². The summed E-state index contributed by atoms with van der Waals surface area (Å²) < 4.78 is 1.07. The predicted molar refractivity (Wildman–Crippen MR) is 69.0 cm³/mol. The van der Waals surface area contributed by atoms with Crippen molar-refractivity contribution in [2.75, 3.05) is 12.4 Å². The molecule has 0 radical (unpaired) electrons. The number of benzene rings is 1. The summed E-state index contributed by atoms with van der Waals surface area (Å²) >= 11 is 5.19. The maximum atomic E-state index is 8.95. The lowest BCUT2D eigenvalue weighted by molar-refractivity contribution is 0.250. The molecule has 0 aliphatic heterocycles. The standard InChI is InChI=1S/C11H16BrNOS/c1-8(6-14)7-15-11-4-10(12)3-2-9(11)5-13/h2-4,8,14H,5-7,13H2,1H3. The largest absolute Gasteiger partial charge is 0.396 e. The van der Waals surface area contributed by atoms with Crippen molar-refractivity contribution >= 4 is 27.7 Å². The third-order valence-electron chi connectivity index (χ3n) is 2.08. The Morgan fingerprint density at radius 1 is 1.53 bits per heavy atom. The summed E-state index contributed by atoms with van der Waals surface area (Å²) in [5.41, 5.74) is 6.82. The highest BCUT2D eigenvalue weighted by Gasteiger charge is 2.05. The van der Waals surface area contributed by atoms with Gasteiger partial charge >= 0.3 is 0 Å². The van der Waals surface area contributed by atoms with E-state index >= 15 is 0 Å². The van der Waals surface area contributed by atoms with E-state index in [1.807, 2.05) is 19.1 Å². The van der Waals surface area contributed by atoms with E-state index in [2.05, 4.69) is 22.0 Å².